The maximum Gasteiger partial charge on any atom is 0.317 e. The molecule has 462 valence electrons. The molecule has 0 radical (unpaired) electrons. The highest BCUT2D eigenvalue weighted by atomic mass is 35.5. The molecule has 26 nitrogen and oxygen atoms in total. The second kappa shape index (κ2) is 29.0. The van der Waals surface area contributed by atoms with Crippen LogP contribution in [0.25, 0.3) is 28.1 Å². The molecule has 2 saturated heterocycles. The number of fused-ring (bicyclic) bond motifs is 3. The van der Waals surface area contributed by atoms with E-state index in [2.05, 4.69) is 16.0 Å². The second-order valence-electron chi connectivity index (χ2n) is 22.0. The Morgan fingerprint density at radius 2 is 1.34 bits per heavy atom. The number of hydrogen-bond acceptors (Lipinski definition) is 17. The standard InChI is InChI=1S/C56H72Cl2N10O16S/c1-55(2)34-83-22-21-67(55)53(77)51-43-33-84-45-28-44(82-4)41(27-42(45)52(43)68(62-51)40-25-37(57)24-38(58)26-40)36-9-8-10-39(23-36)60-46(69)11-6-5-7-12-59-54(78)56(3,35-85(79,80)81)61-47(70)29-63-13-15-64(30-48(71)72)17-19-66(32-50(75)76)20-18-65(16-14-63)31-49(73)74/h8-10,23-28H,5-7,11-22,29-35H2,1-4H3,(H,59,78)(H,60,69)(H,61,70)(H,71,72)(H,73,74)(H,75,76)(H,79,80,81). The van der Waals surface area contributed by atoms with Crippen molar-refractivity contribution in [3.8, 4) is 39.6 Å². The number of aliphatic carboxylic acids is 3. The van der Waals surface area contributed by atoms with Crippen LogP contribution in [0.5, 0.6) is 11.5 Å². The van der Waals surface area contributed by atoms with Gasteiger partial charge in [-0.25, -0.2) is 4.68 Å². The number of halogens is 2. The number of carboxylic acid groups (broad SMARTS) is 3. The molecule has 4 amide bonds. The number of carbonyl (C=O) groups is 7. The van der Waals surface area contributed by atoms with Crippen LogP contribution in [0.3, 0.4) is 0 Å². The SMILES string of the molecule is COc1cc2c(cc1-c1cccc(NC(=O)CCCCCNC(=O)C(C)(CS(=O)(=O)O)NC(=O)CN3CCN(CC(=O)O)CCN(CC(=O)O)CCN(CC(=O)O)CC3)c1)-c1c(c(C(=O)N3CCOCC3(C)C)nn1-c1cc(Cl)cc(Cl)c1)CO2. The van der Waals surface area contributed by atoms with Gasteiger partial charge in [-0.15, -0.1) is 0 Å². The first kappa shape index (κ1) is 65.6. The lowest BCUT2D eigenvalue weighted by atomic mass is 9.95. The van der Waals surface area contributed by atoms with Crippen LogP contribution in [0.15, 0.2) is 54.6 Å². The second-order valence-corrected chi connectivity index (χ2v) is 24.3. The fourth-order valence-electron chi connectivity index (χ4n) is 10.5. The van der Waals surface area contributed by atoms with Crippen molar-refractivity contribution in [3.63, 3.8) is 0 Å². The Bertz CT molecular complexity index is 3200. The molecule has 2 fully saturated rings. The molecule has 29 heteroatoms. The fraction of sp³-hybridized carbons (Fsp3) is 0.500. The molecular formula is C56H72Cl2N10O16S. The number of carboxylic acids is 3. The number of ether oxygens (including phenoxy) is 3. The molecule has 85 heavy (non-hydrogen) atoms. The molecule has 3 aliphatic rings. The summed E-state index contributed by atoms with van der Waals surface area (Å²) in [5.74, 6) is -5.93. The number of nitrogens with zero attached hydrogens (tertiary/aromatic N) is 7. The summed E-state index contributed by atoms with van der Waals surface area (Å²) in [5.41, 5.74) is 1.51. The largest absolute Gasteiger partial charge is 0.496 e. The molecule has 1 aromatic heterocycles. The summed E-state index contributed by atoms with van der Waals surface area (Å²) < 4.78 is 53.9. The van der Waals surface area contributed by atoms with Gasteiger partial charge in [-0.05, 0) is 75.6 Å². The average Bonchev–Trinajstić information content (AvgIpc) is 2.30. The van der Waals surface area contributed by atoms with Gasteiger partial charge in [-0.2, -0.15) is 13.5 Å². The van der Waals surface area contributed by atoms with Crippen LogP contribution in [0.1, 0.15) is 62.5 Å². The number of morpholine rings is 1. The summed E-state index contributed by atoms with van der Waals surface area (Å²) in [6.07, 6.45) is 1.29. The van der Waals surface area contributed by atoms with Crippen molar-refractivity contribution in [2.45, 2.75) is 64.1 Å². The number of amides is 4. The highest BCUT2D eigenvalue weighted by Crippen LogP contribution is 2.47. The van der Waals surface area contributed by atoms with Crippen LogP contribution in [0, 0.1) is 0 Å². The summed E-state index contributed by atoms with van der Waals surface area (Å²) >= 11 is 13.0. The van der Waals surface area contributed by atoms with E-state index in [0.717, 1.165) is 6.92 Å². The van der Waals surface area contributed by atoms with Crippen molar-refractivity contribution in [1.82, 2.24) is 44.9 Å². The highest BCUT2D eigenvalue weighted by Gasteiger charge is 2.41. The van der Waals surface area contributed by atoms with Crippen LogP contribution in [0.4, 0.5) is 5.69 Å². The van der Waals surface area contributed by atoms with Gasteiger partial charge >= 0.3 is 17.9 Å². The van der Waals surface area contributed by atoms with Gasteiger partial charge in [-0.1, -0.05) is 41.8 Å². The quantitative estimate of drug-likeness (QED) is 0.0413. The maximum atomic E-state index is 14.4. The number of carbonyl (C=O) groups excluding carboxylic acids is 4. The molecule has 0 aliphatic carbocycles. The summed E-state index contributed by atoms with van der Waals surface area (Å²) in [6, 6.07) is 15.8. The molecular weight excluding hydrogens is 1170 g/mol. The minimum atomic E-state index is -4.85. The van der Waals surface area contributed by atoms with Gasteiger partial charge in [0.1, 0.15) is 29.4 Å². The molecule has 3 aromatic carbocycles. The molecule has 1 unspecified atom stereocenters. The van der Waals surface area contributed by atoms with Crippen molar-refractivity contribution >= 4 is 80.5 Å². The lowest BCUT2D eigenvalue weighted by Gasteiger charge is -2.41. The van der Waals surface area contributed by atoms with Gasteiger partial charge in [0.05, 0.1) is 63.4 Å². The predicted octanol–water partition coefficient (Wildman–Crippen LogP) is 3.52. The Morgan fingerprint density at radius 1 is 0.753 bits per heavy atom. The Balaban J connectivity index is 0.972. The van der Waals surface area contributed by atoms with Crippen molar-refractivity contribution < 1.29 is 76.1 Å². The van der Waals surface area contributed by atoms with Crippen LogP contribution < -0.4 is 25.4 Å². The van der Waals surface area contributed by atoms with E-state index in [1.165, 1.54) is 7.11 Å². The van der Waals surface area contributed by atoms with Gasteiger partial charge in [0, 0.05) is 110 Å². The Morgan fingerprint density at radius 3 is 1.89 bits per heavy atom. The van der Waals surface area contributed by atoms with E-state index in [1.807, 2.05) is 26.0 Å². The topological polar surface area (TPSA) is 332 Å². The summed E-state index contributed by atoms with van der Waals surface area (Å²) in [6.45, 7) is 5.53. The smallest absolute Gasteiger partial charge is 0.317 e. The van der Waals surface area contributed by atoms with E-state index < -0.39 is 76.3 Å². The van der Waals surface area contributed by atoms with Gasteiger partial charge in [0.25, 0.3) is 16.0 Å². The highest BCUT2D eigenvalue weighted by molar-refractivity contribution is 7.85. The first-order valence-electron chi connectivity index (χ1n) is 27.5. The first-order valence-corrected chi connectivity index (χ1v) is 29.9. The summed E-state index contributed by atoms with van der Waals surface area (Å²) in [5, 5.41) is 42.3. The van der Waals surface area contributed by atoms with E-state index in [0.29, 0.717) is 99.9 Å². The van der Waals surface area contributed by atoms with E-state index in [9.17, 15) is 61.9 Å². The Kier molecular flexibility index (Phi) is 22.3. The van der Waals surface area contributed by atoms with Crippen LogP contribution >= 0.6 is 23.2 Å². The van der Waals surface area contributed by atoms with Crippen LogP contribution in [-0.4, -0.2) is 233 Å². The molecule has 3 aliphatic heterocycles. The maximum absolute atomic E-state index is 14.4. The number of hydrogen-bond donors (Lipinski definition) is 7. The molecule has 4 aromatic rings. The summed E-state index contributed by atoms with van der Waals surface area (Å²) in [4.78, 5) is 98.2. The normalized spacial score (nSPS) is 17.1. The third-order valence-corrected chi connectivity index (χ3v) is 16.1. The zero-order valence-corrected chi connectivity index (χ0v) is 50.1. The zero-order valence-electron chi connectivity index (χ0n) is 47.7. The number of aromatic nitrogens is 2. The number of benzene rings is 3. The minimum absolute atomic E-state index is 0.0146. The van der Waals surface area contributed by atoms with Gasteiger partial charge in [-0.3, -0.25) is 57.7 Å². The molecule has 0 spiro atoms. The third-order valence-electron chi connectivity index (χ3n) is 14.7. The Labute approximate surface area is 502 Å². The fourth-order valence-corrected chi connectivity index (χ4v) is 11.9. The van der Waals surface area contributed by atoms with Gasteiger partial charge in [0.2, 0.25) is 17.7 Å². The monoisotopic (exact) mass is 1240 g/mol. The minimum Gasteiger partial charge on any atom is -0.496 e. The lowest BCUT2D eigenvalue weighted by Crippen LogP contribution is -2.62. The van der Waals surface area contributed by atoms with Crippen molar-refractivity contribution in [3.05, 3.63) is 75.9 Å². The molecule has 4 heterocycles. The van der Waals surface area contributed by atoms with E-state index in [-0.39, 0.29) is 96.0 Å². The zero-order chi connectivity index (χ0) is 61.8. The number of unbranched alkanes of at least 4 members (excludes halogenated alkanes) is 2. The molecule has 7 rings (SSSR count). The van der Waals surface area contributed by atoms with Crippen molar-refractivity contribution in [2.24, 2.45) is 0 Å². The van der Waals surface area contributed by atoms with Crippen molar-refractivity contribution in [1.29, 1.82) is 0 Å². The summed E-state index contributed by atoms with van der Waals surface area (Å²) in [7, 11) is -3.32. The number of anilines is 1. The van der Waals surface area contributed by atoms with Crippen LogP contribution in [0.2, 0.25) is 10.0 Å². The molecule has 1 atom stereocenters. The van der Waals surface area contributed by atoms with E-state index in [1.54, 1.807) is 71.6 Å². The molecule has 0 bridgehead atoms. The van der Waals surface area contributed by atoms with E-state index >= 15 is 0 Å². The Hall–Kier alpha value is -6.95. The van der Waals surface area contributed by atoms with Crippen LogP contribution in [-0.2, 0) is 50.2 Å². The third kappa shape index (κ3) is 18.3. The molecule has 0 saturated carbocycles. The lowest BCUT2D eigenvalue weighted by molar-refractivity contribution is -0.140. The van der Waals surface area contributed by atoms with E-state index in [4.69, 9.17) is 42.5 Å². The number of nitrogens with one attached hydrogen (secondary N) is 3. The number of methoxy groups -OCH3 is 1. The average molecular weight is 1240 g/mol. The van der Waals surface area contributed by atoms with Gasteiger partial charge in [0.15, 0.2) is 5.69 Å². The number of rotatable bonds is 23. The van der Waals surface area contributed by atoms with Crippen molar-refractivity contribution in [2.75, 3.05) is 123 Å². The molecule has 7 N–H and O–H groups in total. The van der Waals surface area contributed by atoms with Gasteiger partial charge < -0.3 is 50.4 Å². The predicted molar refractivity (Wildman–Crippen MR) is 313 cm³/mol. The first-order chi connectivity index (χ1) is 40.2.